The molecule has 1 rings (SSSR count). The Morgan fingerprint density at radius 2 is 2.11 bits per heavy atom. The van der Waals surface area contributed by atoms with Gasteiger partial charge in [-0.25, -0.2) is 9.97 Å². The summed E-state index contributed by atoms with van der Waals surface area (Å²) in [6.07, 6.45) is 4.55. The molecule has 1 aromatic heterocycles. The number of hydrogen-bond donors (Lipinski definition) is 0. The average molecular weight is 144 g/mol. The van der Waals surface area contributed by atoms with Crippen molar-refractivity contribution in [2.24, 2.45) is 0 Å². The highest BCUT2D eigenvalue weighted by atomic mass is 32.2. The van der Waals surface area contributed by atoms with Crippen LogP contribution in [0.2, 0.25) is 0 Å². The molecule has 48 valence electrons. The van der Waals surface area contributed by atoms with Crippen molar-refractivity contribution in [3.63, 3.8) is 0 Å². The van der Waals surface area contributed by atoms with Gasteiger partial charge >= 0.3 is 0 Å². The highest BCUT2D eigenvalue weighted by Gasteiger charge is 1.98. The Bertz CT molecular complexity index is 204. The van der Waals surface area contributed by atoms with E-state index in [4.69, 9.17) is 0 Å². The summed E-state index contributed by atoms with van der Waals surface area (Å²) in [6.45, 7) is 0. The number of halogens is 1. The molecule has 0 aliphatic carbocycles. The Morgan fingerprint density at radius 1 is 1.44 bits per heavy atom. The molecule has 0 saturated heterocycles. The van der Waals surface area contributed by atoms with Gasteiger partial charge in [0, 0.05) is 12.4 Å². The molecule has 0 aliphatic heterocycles. The zero-order chi connectivity index (χ0) is 6.69. The van der Waals surface area contributed by atoms with E-state index in [2.05, 4.69) is 9.97 Å². The molecule has 9 heavy (non-hydrogen) atoms. The van der Waals surface area contributed by atoms with Crippen LogP contribution in [-0.2, 0) is 0 Å². The number of aromatic nitrogens is 2. The Labute approximate surface area is 56.5 Å². The lowest BCUT2D eigenvalue weighted by atomic mass is 10.7. The van der Waals surface area contributed by atoms with Gasteiger partial charge in [-0.15, -0.1) is 11.8 Å². The minimum atomic E-state index is -0.495. The van der Waals surface area contributed by atoms with Gasteiger partial charge in [-0.3, -0.25) is 0 Å². The van der Waals surface area contributed by atoms with Gasteiger partial charge < -0.3 is 0 Å². The lowest BCUT2D eigenvalue weighted by Gasteiger charge is -1.91. The first-order valence-corrected chi connectivity index (χ1v) is 3.57. The molecular weight excluding hydrogens is 139 g/mol. The van der Waals surface area contributed by atoms with Crippen LogP contribution in [0, 0.1) is 5.95 Å². The molecule has 0 fully saturated rings. The third-order valence-corrected chi connectivity index (χ3v) is 1.48. The van der Waals surface area contributed by atoms with Crippen LogP contribution >= 0.6 is 11.8 Å². The summed E-state index contributed by atoms with van der Waals surface area (Å²) in [4.78, 5) is 7.12. The third-order valence-electron chi connectivity index (χ3n) is 0.816. The van der Waals surface area contributed by atoms with Gasteiger partial charge in [0.15, 0.2) is 5.03 Å². The van der Waals surface area contributed by atoms with Gasteiger partial charge in [0.2, 0.25) is 5.95 Å². The molecule has 0 amide bonds. The summed E-state index contributed by atoms with van der Waals surface area (Å²) in [7, 11) is 0. The normalized spacial score (nSPS) is 9.56. The lowest BCUT2D eigenvalue weighted by molar-refractivity contribution is 0.543. The zero-order valence-electron chi connectivity index (χ0n) is 4.84. The largest absolute Gasteiger partial charge is 0.245 e. The quantitative estimate of drug-likeness (QED) is 0.556. The Kier molecular flexibility index (Phi) is 2.00. The predicted molar refractivity (Wildman–Crippen MR) is 33.8 cm³/mol. The smallest absolute Gasteiger partial charge is 0.243 e. The van der Waals surface area contributed by atoms with E-state index in [1.807, 2.05) is 0 Å². The molecular formula is C5H5FN2S. The molecule has 0 atom stereocenters. The van der Waals surface area contributed by atoms with Gasteiger partial charge in [0.1, 0.15) is 0 Å². The Balaban J connectivity index is 3.01. The van der Waals surface area contributed by atoms with E-state index in [0.717, 1.165) is 0 Å². The van der Waals surface area contributed by atoms with E-state index < -0.39 is 5.95 Å². The van der Waals surface area contributed by atoms with E-state index in [0.29, 0.717) is 5.03 Å². The van der Waals surface area contributed by atoms with Crippen LogP contribution in [0.4, 0.5) is 4.39 Å². The van der Waals surface area contributed by atoms with Crippen molar-refractivity contribution in [1.29, 1.82) is 0 Å². The monoisotopic (exact) mass is 144 g/mol. The van der Waals surface area contributed by atoms with Crippen molar-refractivity contribution in [2.75, 3.05) is 6.26 Å². The molecule has 0 unspecified atom stereocenters. The summed E-state index contributed by atoms with van der Waals surface area (Å²) in [5, 5.41) is 0.345. The molecule has 0 spiro atoms. The summed E-state index contributed by atoms with van der Waals surface area (Å²) < 4.78 is 12.4. The molecule has 0 aliphatic rings. The minimum Gasteiger partial charge on any atom is -0.243 e. The fraction of sp³-hybridized carbons (Fsp3) is 0.200. The van der Waals surface area contributed by atoms with Crippen LogP contribution in [0.5, 0.6) is 0 Å². The lowest BCUT2D eigenvalue weighted by Crippen LogP contribution is -1.87. The van der Waals surface area contributed by atoms with Gasteiger partial charge in [0.05, 0.1) is 0 Å². The van der Waals surface area contributed by atoms with E-state index in [1.165, 1.54) is 24.2 Å². The fourth-order valence-electron chi connectivity index (χ4n) is 0.445. The number of rotatable bonds is 1. The SMILES string of the molecule is CSc1nccnc1F. The Hall–Kier alpha value is -0.640. The van der Waals surface area contributed by atoms with Crippen molar-refractivity contribution in [1.82, 2.24) is 9.97 Å². The molecule has 0 bridgehead atoms. The molecule has 0 aromatic carbocycles. The minimum absolute atomic E-state index is 0.345. The molecule has 1 aromatic rings. The van der Waals surface area contributed by atoms with Gasteiger partial charge in [0.25, 0.3) is 0 Å². The number of nitrogens with zero attached hydrogens (tertiary/aromatic N) is 2. The molecule has 0 N–H and O–H groups in total. The van der Waals surface area contributed by atoms with Gasteiger partial charge in [-0.05, 0) is 6.26 Å². The molecule has 2 nitrogen and oxygen atoms in total. The number of hydrogen-bond acceptors (Lipinski definition) is 3. The first kappa shape index (κ1) is 6.48. The first-order valence-electron chi connectivity index (χ1n) is 2.35. The molecule has 4 heteroatoms. The first-order chi connectivity index (χ1) is 4.34. The second-order valence-electron chi connectivity index (χ2n) is 1.36. The summed E-state index contributed by atoms with van der Waals surface area (Å²) in [6, 6.07) is 0. The van der Waals surface area contributed by atoms with Crippen LogP contribution < -0.4 is 0 Å². The van der Waals surface area contributed by atoms with Crippen LogP contribution in [0.1, 0.15) is 0 Å². The summed E-state index contributed by atoms with van der Waals surface area (Å²) in [5.41, 5.74) is 0. The van der Waals surface area contributed by atoms with Crippen LogP contribution in [0.3, 0.4) is 0 Å². The van der Waals surface area contributed by atoms with E-state index in [9.17, 15) is 4.39 Å². The topological polar surface area (TPSA) is 25.8 Å². The van der Waals surface area contributed by atoms with Gasteiger partial charge in [-0.2, -0.15) is 4.39 Å². The van der Waals surface area contributed by atoms with Crippen molar-refractivity contribution in [3.8, 4) is 0 Å². The summed E-state index contributed by atoms with van der Waals surface area (Å²) in [5.74, 6) is -0.495. The Morgan fingerprint density at radius 3 is 2.56 bits per heavy atom. The molecule has 1 heterocycles. The second-order valence-corrected chi connectivity index (χ2v) is 2.15. The van der Waals surface area contributed by atoms with Crippen molar-refractivity contribution >= 4 is 11.8 Å². The highest BCUT2D eigenvalue weighted by molar-refractivity contribution is 7.98. The van der Waals surface area contributed by atoms with E-state index >= 15 is 0 Å². The van der Waals surface area contributed by atoms with E-state index in [1.54, 1.807) is 6.26 Å². The maximum atomic E-state index is 12.4. The predicted octanol–water partition coefficient (Wildman–Crippen LogP) is 1.34. The maximum absolute atomic E-state index is 12.4. The third kappa shape index (κ3) is 1.38. The van der Waals surface area contributed by atoms with Crippen molar-refractivity contribution in [3.05, 3.63) is 18.3 Å². The zero-order valence-corrected chi connectivity index (χ0v) is 5.65. The molecule has 0 saturated carbocycles. The van der Waals surface area contributed by atoms with E-state index in [-0.39, 0.29) is 0 Å². The summed E-state index contributed by atoms with van der Waals surface area (Å²) >= 11 is 1.25. The van der Waals surface area contributed by atoms with Crippen molar-refractivity contribution in [2.45, 2.75) is 5.03 Å². The van der Waals surface area contributed by atoms with Crippen molar-refractivity contribution < 1.29 is 4.39 Å². The average Bonchev–Trinajstić information content (AvgIpc) is 1.89. The van der Waals surface area contributed by atoms with Gasteiger partial charge in [-0.1, -0.05) is 0 Å². The van der Waals surface area contributed by atoms with Crippen LogP contribution in [0.15, 0.2) is 17.4 Å². The second kappa shape index (κ2) is 2.77. The fourth-order valence-corrected chi connectivity index (χ4v) is 0.833. The highest BCUT2D eigenvalue weighted by Crippen LogP contribution is 2.11. The van der Waals surface area contributed by atoms with Crippen LogP contribution in [-0.4, -0.2) is 16.2 Å². The molecule has 0 radical (unpaired) electrons. The number of thioether (sulfide) groups is 1. The standard InChI is InChI=1S/C5H5FN2S/c1-9-5-4(6)7-2-3-8-5/h2-3H,1H3. The van der Waals surface area contributed by atoms with Crippen LogP contribution in [0.25, 0.3) is 0 Å². The maximum Gasteiger partial charge on any atom is 0.245 e.